The highest BCUT2D eigenvalue weighted by molar-refractivity contribution is 6.32. The Labute approximate surface area is 243 Å². The molecule has 1 saturated heterocycles. The van der Waals surface area contributed by atoms with Crippen molar-refractivity contribution in [1.29, 1.82) is 0 Å². The molecule has 4 rings (SSSR count). The van der Waals surface area contributed by atoms with Crippen LogP contribution in [0.15, 0.2) is 42.6 Å². The summed E-state index contributed by atoms with van der Waals surface area (Å²) in [4.78, 5) is 6.14. The first-order valence-electron chi connectivity index (χ1n) is 13.1. The van der Waals surface area contributed by atoms with Crippen molar-refractivity contribution >= 4 is 22.5 Å². The maximum atomic E-state index is 15.6. The van der Waals surface area contributed by atoms with Gasteiger partial charge in [-0.15, -0.1) is 0 Å². The highest BCUT2D eigenvalue weighted by Gasteiger charge is 2.37. The molecular formula is C30H28ClF7N2O2. The third kappa shape index (κ3) is 7.46. The molecule has 3 aromatic rings. The van der Waals surface area contributed by atoms with E-state index in [9.17, 15) is 31.4 Å². The zero-order chi connectivity index (χ0) is 30.7. The second kappa shape index (κ2) is 12.7. The Kier molecular flexibility index (Phi) is 9.60. The largest absolute Gasteiger partial charge is 0.497 e. The fourth-order valence-electron chi connectivity index (χ4n) is 5.14. The van der Waals surface area contributed by atoms with Gasteiger partial charge in [0.05, 0.1) is 35.3 Å². The fraction of sp³-hybridized carbons (Fsp3) is 0.433. The topological polar surface area (TPSA) is 45.6 Å². The lowest BCUT2D eigenvalue weighted by atomic mass is 9.74. The molecular weight excluding hydrogens is 589 g/mol. The molecule has 1 aromatic heterocycles. The molecule has 42 heavy (non-hydrogen) atoms. The number of benzene rings is 2. The van der Waals surface area contributed by atoms with E-state index in [1.165, 1.54) is 13.3 Å². The summed E-state index contributed by atoms with van der Waals surface area (Å²) >= 11 is 6.33. The van der Waals surface area contributed by atoms with E-state index >= 15 is 4.39 Å². The van der Waals surface area contributed by atoms with E-state index in [0.29, 0.717) is 66.7 Å². The predicted octanol–water partition coefficient (Wildman–Crippen LogP) is 7.85. The van der Waals surface area contributed by atoms with E-state index in [4.69, 9.17) is 16.3 Å². The number of aromatic nitrogens is 1. The second-order valence-electron chi connectivity index (χ2n) is 10.4. The van der Waals surface area contributed by atoms with Crippen molar-refractivity contribution in [2.24, 2.45) is 5.41 Å². The van der Waals surface area contributed by atoms with Crippen molar-refractivity contribution < 1.29 is 40.6 Å². The number of rotatable bonds is 7. The van der Waals surface area contributed by atoms with E-state index in [1.54, 1.807) is 18.2 Å². The van der Waals surface area contributed by atoms with Gasteiger partial charge in [0.15, 0.2) is 0 Å². The molecule has 1 atom stereocenters. The normalized spacial score (nSPS) is 16.6. The van der Waals surface area contributed by atoms with Crippen LogP contribution in [0.2, 0.25) is 5.02 Å². The molecule has 0 aliphatic carbocycles. The number of pyridine rings is 1. The van der Waals surface area contributed by atoms with Gasteiger partial charge >= 0.3 is 12.4 Å². The van der Waals surface area contributed by atoms with Gasteiger partial charge in [0.25, 0.3) is 0 Å². The van der Waals surface area contributed by atoms with Gasteiger partial charge < -0.3 is 9.84 Å². The van der Waals surface area contributed by atoms with E-state index in [1.807, 2.05) is 4.90 Å². The first kappa shape index (κ1) is 31.9. The summed E-state index contributed by atoms with van der Waals surface area (Å²) < 4.78 is 99.5. The summed E-state index contributed by atoms with van der Waals surface area (Å²) in [6.45, 7) is 0.894. The number of piperidine rings is 1. The van der Waals surface area contributed by atoms with Crippen LogP contribution in [0.3, 0.4) is 0 Å². The number of alkyl halides is 7. The van der Waals surface area contributed by atoms with Crippen LogP contribution in [0, 0.1) is 17.3 Å². The number of aliphatic hydroxyl groups is 1. The Bertz CT molecular complexity index is 1440. The summed E-state index contributed by atoms with van der Waals surface area (Å²) in [7, 11) is 1.50. The van der Waals surface area contributed by atoms with Gasteiger partial charge in [-0.05, 0) is 80.6 Å². The fourth-order valence-corrected chi connectivity index (χ4v) is 5.41. The van der Waals surface area contributed by atoms with Crippen molar-refractivity contribution in [3.63, 3.8) is 0 Å². The molecule has 2 aromatic carbocycles. The summed E-state index contributed by atoms with van der Waals surface area (Å²) in [5.41, 5.74) is -2.89. The lowest BCUT2D eigenvalue weighted by Crippen LogP contribution is -2.42. The molecule has 226 valence electrons. The van der Waals surface area contributed by atoms with Crippen molar-refractivity contribution in [2.45, 2.75) is 44.2 Å². The molecule has 0 amide bonds. The number of aliphatic hydroxyl groups excluding tert-OH is 1. The highest BCUT2D eigenvalue weighted by Crippen LogP contribution is 2.42. The van der Waals surface area contributed by atoms with Crippen LogP contribution < -0.4 is 4.74 Å². The van der Waals surface area contributed by atoms with Crippen LogP contribution in [-0.4, -0.2) is 48.3 Å². The Morgan fingerprint density at radius 3 is 2.26 bits per heavy atom. The van der Waals surface area contributed by atoms with E-state index in [2.05, 4.69) is 16.8 Å². The quantitative estimate of drug-likeness (QED) is 0.217. The number of nitrogens with zero attached hydrogens (tertiary/aromatic N) is 2. The maximum absolute atomic E-state index is 15.6. The molecule has 1 N–H and O–H groups in total. The van der Waals surface area contributed by atoms with E-state index < -0.39 is 35.1 Å². The summed E-state index contributed by atoms with van der Waals surface area (Å²) in [6.07, 6.45) is -8.40. The molecule has 12 heteroatoms. The van der Waals surface area contributed by atoms with Gasteiger partial charge in [-0.25, -0.2) is 4.39 Å². The number of fused-ring (bicyclic) bond motifs is 1. The summed E-state index contributed by atoms with van der Waals surface area (Å²) in [5, 5.41) is 10.9. The summed E-state index contributed by atoms with van der Waals surface area (Å²) in [6, 6.07) is 6.37. The van der Waals surface area contributed by atoms with Crippen LogP contribution in [0.25, 0.3) is 10.9 Å². The Balaban J connectivity index is 1.40. The molecule has 4 nitrogen and oxygen atoms in total. The number of methoxy groups -OCH3 is 1. The van der Waals surface area contributed by atoms with Gasteiger partial charge in [0.1, 0.15) is 11.9 Å². The SMILES string of the molecule is COc1ccc2ncc(Cl)c([C@H](F)CCC3(CO)CCN(CC#Cc4cc(C(F)(F)F)cc(C(F)(F)F)c4)CC3)c2c1. The minimum Gasteiger partial charge on any atom is -0.497 e. The third-order valence-corrected chi connectivity index (χ3v) is 7.99. The minimum atomic E-state index is -4.94. The molecule has 0 spiro atoms. The Morgan fingerprint density at radius 2 is 1.69 bits per heavy atom. The predicted molar refractivity (Wildman–Crippen MR) is 145 cm³/mol. The molecule has 1 aliphatic rings. The lowest BCUT2D eigenvalue weighted by molar-refractivity contribution is -0.143. The molecule has 0 saturated carbocycles. The van der Waals surface area contributed by atoms with Crippen molar-refractivity contribution in [2.75, 3.05) is 33.4 Å². The molecule has 1 aliphatic heterocycles. The number of hydrogen-bond donors (Lipinski definition) is 1. The molecule has 2 heterocycles. The Hall–Kier alpha value is -3.07. The first-order valence-corrected chi connectivity index (χ1v) is 13.5. The van der Waals surface area contributed by atoms with Crippen LogP contribution in [0.4, 0.5) is 30.7 Å². The lowest BCUT2D eigenvalue weighted by Gasteiger charge is -2.40. The van der Waals surface area contributed by atoms with Gasteiger partial charge in [-0.1, -0.05) is 23.4 Å². The van der Waals surface area contributed by atoms with E-state index in [0.717, 1.165) is 0 Å². The molecule has 1 fully saturated rings. The maximum Gasteiger partial charge on any atom is 0.416 e. The number of halogens is 8. The zero-order valence-electron chi connectivity index (χ0n) is 22.5. The first-order chi connectivity index (χ1) is 19.7. The smallest absolute Gasteiger partial charge is 0.416 e. The van der Waals surface area contributed by atoms with Gasteiger partial charge in [-0.3, -0.25) is 9.88 Å². The third-order valence-electron chi connectivity index (χ3n) is 7.68. The van der Waals surface area contributed by atoms with Crippen LogP contribution in [0.5, 0.6) is 5.75 Å². The van der Waals surface area contributed by atoms with Crippen LogP contribution >= 0.6 is 11.6 Å². The van der Waals surface area contributed by atoms with Gasteiger partial charge in [-0.2, -0.15) is 26.3 Å². The average Bonchev–Trinajstić information content (AvgIpc) is 2.95. The van der Waals surface area contributed by atoms with Crippen LogP contribution in [0.1, 0.15) is 54.1 Å². The summed E-state index contributed by atoms with van der Waals surface area (Å²) in [5.74, 6) is 5.63. The molecule has 0 radical (unpaired) electrons. The second-order valence-corrected chi connectivity index (χ2v) is 10.8. The van der Waals surface area contributed by atoms with Crippen molar-refractivity contribution in [1.82, 2.24) is 9.88 Å². The van der Waals surface area contributed by atoms with Crippen molar-refractivity contribution in [3.8, 4) is 17.6 Å². The zero-order valence-corrected chi connectivity index (χ0v) is 23.3. The van der Waals surface area contributed by atoms with Crippen LogP contribution in [-0.2, 0) is 12.4 Å². The standard InChI is InChI=1S/C30H28ClF7N2O2/c1-42-22-4-5-26-23(16-22)27(24(31)17-39-26)25(32)6-7-28(18-41)8-11-40(12-9-28)10-2-3-19-13-20(29(33,34)35)15-21(14-19)30(36,37)38/h4-5,13-17,25,41H,6-12,18H2,1H3/t25-/m1/s1. The molecule has 0 bridgehead atoms. The van der Waals surface area contributed by atoms with Crippen molar-refractivity contribution in [3.05, 3.63) is 69.9 Å². The molecule has 0 unspecified atom stereocenters. The Morgan fingerprint density at radius 1 is 1.05 bits per heavy atom. The number of ether oxygens (including phenoxy) is 1. The van der Waals surface area contributed by atoms with Gasteiger partial charge in [0, 0.05) is 29.3 Å². The average molecular weight is 617 g/mol. The highest BCUT2D eigenvalue weighted by atomic mass is 35.5. The monoisotopic (exact) mass is 616 g/mol. The number of likely N-dealkylation sites (tertiary alicyclic amines) is 1. The van der Waals surface area contributed by atoms with Gasteiger partial charge in [0.2, 0.25) is 0 Å². The number of hydrogen-bond acceptors (Lipinski definition) is 4. The minimum absolute atomic E-state index is 0.0637. The van der Waals surface area contributed by atoms with E-state index in [-0.39, 0.29) is 36.2 Å².